The summed E-state index contributed by atoms with van der Waals surface area (Å²) in [5, 5.41) is 18.8. The summed E-state index contributed by atoms with van der Waals surface area (Å²) in [6.45, 7) is 12.2. The normalized spacial score (nSPS) is 18.1. The number of anilines is 1. The molecule has 1 unspecified atom stereocenters. The first-order valence-corrected chi connectivity index (χ1v) is 10.2. The third-order valence-corrected chi connectivity index (χ3v) is 5.78. The largest absolute Gasteiger partial charge is 0.507 e. The second-order valence-electron chi connectivity index (χ2n) is 8.60. The zero-order valence-corrected chi connectivity index (χ0v) is 17.9. The lowest BCUT2D eigenvalue weighted by molar-refractivity contribution is 0.0693. The molecule has 154 valence electrons. The summed E-state index contributed by atoms with van der Waals surface area (Å²) in [6.07, 6.45) is 3.98. The molecule has 0 amide bonds. The number of phenols is 1. The number of aryl methyl sites for hydroxylation is 1. The van der Waals surface area contributed by atoms with E-state index in [9.17, 15) is 15.0 Å². The lowest BCUT2D eigenvalue weighted by Gasteiger charge is -2.48. The molecule has 0 spiro atoms. The first-order valence-electron chi connectivity index (χ1n) is 10.2. The maximum Gasteiger partial charge on any atom is 0.339 e. The van der Waals surface area contributed by atoms with Gasteiger partial charge >= 0.3 is 5.97 Å². The summed E-state index contributed by atoms with van der Waals surface area (Å²) in [4.78, 5) is 18.2. The van der Waals surface area contributed by atoms with Crippen molar-refractivity contribution in [1.82, 2.24) is 0 Å². The third kappa shape index (κ3) is 4.14. The molecular weight excluding hydrogens is 364 g/mol. The highest BCUT2D eigenvalue weighted by molar-refractivity contribution is 5.92. The summed E-state index contributed by atoms with van der Waals surface area (Å²) in [5.74, 6) is -0.973. The molecule has 0 aliphatic carbocycles. The van der Waals surface area contributed by atoms with Gasteiger partial charge in [-0.2, -0.15) is 0 Å². The van der Waals surface area contributed by atoms with Crippen molar-refractivity contribution in [3.63, 3.8) is 0 Å². The van der Waals surface area contributed by atoms with E-state index in [0.717, 1.165) is 30.5 Å². The van der Waals surface area contributed by atoms with Crippen molar-refractivity contribution in [3.8, 4) is 5.75 Å². The smallest absolute Gasteiger partial charge is 0.339 e. The fourth-order valence-electron chi connectivity index (χ4n) is 4.36. The van der Waals surface area contributed by atoms with E-state index in [1.807, 2.05) is 0 Å². The lowest BCUT2D eigenvalue weighted by Crippen LogP contribution is -2.48. The minimum Gasteiger partial charge on any atom is -0.507 e. The van der Waals surface area contributed by atoms with E-state index in [1.54, 1.807) is 12.3 Å². The monoisotopic (exact) mass is 394 g/mol. The van der Waals surface area contributed by atoms with Gasteiger partial charge in [-0.1, -0.05) is 13.8 Å². The molecule has 1 aliphatic heterocycles. The van der Waals surface area contributed by atoms with Gasteiger partial charge in [-0.25, -0.2) is 4.79 Å². The molecule has 1 atom stereocenters. The summed E-state index contributed by atoms with van der Waals surface area (Å²) >= 11 is 0. The second kappa shape index (κ2) is 7.90. The van der Waals surface area contributed by atoms with E-state index in [-0.39, 0.29) is 16.9 Å². The predicted molar refractivity (Wildman–Crippen MR) is 118 cm³/mol. The minimum absolute atomic E-state index is 0.129. The fourth-order valence-corrected chi connectivity index (χ4v) is 4.36. The van der Waals surface area contributed by atoms with Crippen LogP contribution >= 0.6 is 0 Å². The quantitative estimate of drug-likeness (QED) is 0.643. The number of carboxylic acids is 1. The van der Waals surface area contributed by atoms with Crippen molar-refractivity contribution in [3.05, 3.63) is 52.6 Å². The van der Waals surface area contributed by atoms with Crippen LogP contribution < -0.4 is 4.90 Å². The van der Waals surface area contributed by atoms with Crippen LogP contribution in [0.4, 0.5) is 11.4 Å². The molecule has 2 N–H and O–H groups in total. The van der Waals surface area contributed by atoms with Gasteiger partial charge < -0.3 is 15.1 Å². The fraction of sp³-hybridized carbons (Fsp3) is 0.417. The van der Waals surface area contributed by atoms with Gasteiger partial charge in [0.15, 0.2) is 0 Å². The average Bonchev–Trinajstić information content (AvgIpc) is 2.64. The molecule has 29 heavy (non-hydrogen) atoms. The molecule has 0 saturated heterocycles. The molecule has 2 aromatic carbocycles. The SMILES string of the molecule is CCCN1c2cc(C)c(C=Nc3ccc(O)c(C(=O)O)c3)cc2C(C)CC1(C)C. The van der Waals surface area contributed by atoms with Gasteiger partial charge in [-0.3, -0.25) is 4.99 Å². The number of carboxylic acid groups (broad SMARTS) is 1. The summed E-state index contributed by atoms with van der Waals surface area (Å²) in [6, 6.07) is 8.83. The Kier molecular flexibility index (Phi) is 5.69. The topological polar surface area (TPSA) is 73.1 Å². The molecule has 0 bridgehead atoms. The number of benzene rings is 2. The van der Waals surface area contributed by atoms with E-state index >= 15 is 0 Å². The first-order chi connectivity index (χ1) is 13.6. The van der Waals surface area contributed by atoms with Crippen LogP contribution in [0.2, 0.25) is 0 Å². The van der Waals surface area contributed by atoms with E-state index in [1.165, 1.54) is 23.4 Å². The summed E-state index contributed by atoms with van der Waals surface area (Å²) in [5.41, 5.74) is 5.29. The van der Waals surface area contributed by atoms with Crippen LogP contribution in [-0.4, -0.2) is 34.5 Å². The Labute approximate surface area is 172 Å². The van der Waals surface area contributed by atoms with Crippen LogP contribution in [0.3, 0.4) is 0 Å². The molecular formula is C24H30N2O3. The highest BCUT2D eigenvalue weighted by Crippen LogP contribution is 2.44. The van der Waals surface area contributed by atoms with E-state index in [0.29, 0.717) is 11.6 Å². The van der Waals surface area contributed by atoms with Gasteiger partial charge in [0.1, 0.15) is 11.3 Å². The number of aromatic hydroxyl groups is 1. The van der Waals surface area contributed by atoms with E-state index in [4.69, 9.17) is 0 Å². The minimum atomic E-state index is -1.17. The molecule has 0 fully saturated rings. The Balaban J connectivity index is 1.99. The van der Waals surface area contributed by atoms with Crippen molar-refractivity contribution in [1.29, 1.82) is 0 Å². The van der Waals surface area contributed by atoms with Crippen LogP contribution in [0.1, 0.15) is 73.5 Å². The number of hydrogen-bond acceptors (Lipinski definition) is 4. The highest BCUT2D eigenvalue weighted by atomic mass is 16.4. The zero-order valence-electron chi connectivity index (χ0n) is 17.9. The maximum atomic E-state index is 11.2. The number of aliphatic imine (C=N–C) groups is 1. The van der Waals surface area contributed by atoms with Gasteiger partial charge in [0.05, 0.1) is 5.69 Å². The molecule has 5 nitrogen and oxygen atoms in total. The number of carbonyl (C=O) groups is 1. The molecule has 5 heteroatoms. The summed E-state index contributed by atoms with van der Waals surface area (Å²) < 4.78 is 0. The Morgan fingerprint density at radius 3 is 2.69 bits per heavy atom. The van der Waals surface area contributed by atoms with Gasteiger partial charge in [-0.05, 0) is 86.6 Å². The van der Waals surface area contributed by atoms with E-state index in [2.05, 4.69) is 56.6 Å². The van der Waals surface area contributed by atoms with E-state index < -0.39 is 5.97 Å². The van der Waals surface area contributed by atoms with Crippen LogP contribution in [0, 0.1) is 6.92 Å². The molecule has 1 aliphatic rings. The van der Waals surface area contributed by atoms with Crippen molar-refractivity contribution in [2.24, 2.45) is 4.99 Å². The van der Waals surface area contributed by atoms with Crippen LogP contribution in [0.25, 0.3) is 0 Å². The molecule has 1 heterocycles. The Morgan fingerprint density at radius 1 is 1.31 bits per heavy atom. The van der Waals surface area contributed by atoms with Gasteiger partial charge in [-0.15, -0.1) is 0 Å². The van der Waals surface area contributed by atoms with Crippen molar-refractivity contribution >= 4 is 23.6 Å². The standard InChI is InChI=1S/C24H30N2O3/c1-6-9-26-21-10-15(2)17(11-19(21)16(3)13-24(26,4)5)14-25-18-7-8-22(27)20(12-18)23(28)29/h7-8,10-12,14,16,27H,6,9,13H2,1-5H3,(H,28,29). The van der Waals surface area contributed by atoms with Gasteiger partial charge in [0.2, 0.25) is 0 Å². The Morgan fingerprint density at radius 2 is 2.03 bits per heavy atom. The lowest BCUT2D eigenvalue weighted by atomic mass is 9.79. The molecule has 0 radical (unpaired) electrons. The number of nitrogens with zero attached hydrogens (tertiary/aromatic N) is 2. The number of rotatable bonds is 5. The first kappa shape index (κ1) is 20.9. The molecule has 3 rings (SSSR count). The van der Waals surface area contributed by atoms with Crippen LogP contribution in [0.15, 0.2) is 35.3 Å². The van der Waals surface area contributed by atoms with Crippen molar-refractivity contribution in [2.75, 3.05) is 11.4 Å². The van der Waals surface area contributed by atoms with Gasteiger partial charge in [0.25, 0.3) is 0 Å². The van der Waals surface area contributed by atoms with Crippen LogP contribution in [0.5, 0.6) is 5.75 Å². The molecule has 0 saturated carbocycles. The molecule has 0 aromatic heterocycles. The number of aromatic carboxylic acids is 1. The third-order valence-electron chi connectivity index (χ3n) is 5.78. The molecule has 2 aromatic rings. The highest BCUT2D eigenvalue weighted by Gasteiger charge is 2.36. The zero-order chi connectivity index (χ0) is 21.3. The van der Waals surface area contributed by atoms with Gasteiger partial charge in [0, 0.05) is 24.0 Å². The average molecular weight is 395 g/mol. The van der Waals surface area contributed by atoms with Crippen molar-refractivity contribution < 1.29 is 15.0 Å². The maximum absolute atomic E-state index is 11.2. The summed E-state index contributed by atoms with van der Waals surface area (Å²) in [7, 11) is 0. The van der Waals surface area contributed by atoms with Crippen LogP contribution in [-0.2, 0) is 0 Å². The Bertz CT molecular complexity index is 963. The Hall–Kier alpha value is -2.82. The predicted octanol–water partition coefficient (Wildman–Crippen LogP) is 5.65. The van der Waals surface area contributed by atoms with Crippen molar-refractivity contribution in [2.45, 2.75) is 58.9 Å². The number of hydrogen-bond donors (Lipinski definition) is 2. The number of fused-ring (bicyclic) bond motifs is 1. The second-order valence-corrected chi connectivity index (χ2v) is 8.60.